The quantitative estimate of drug-likeness (QED) is 0.522. The third kappa shape index (κ3) is 1.69. The van der Waals surface area contributed by atoms with Crippen LogP contribution in [0.1, 0.15) is 0 Å². The smallest absolute Gasteiger partial charge is 0.287 e. The van der Waals surface area contributed by atoms with Gasteiger partial charge in [0.25, 0.3) is 5.69 Å². The number of imidazole rings is 1. The second kappa shape index (κ2) is 3.94. The highest BCUT2D eigenvalue weighted by atomic mass is 16.6. The molecule has 0 amide bonds. The lowest BCUT2D eigenvalue weighted by molar-refractivity contribution is -0.384. The van der Waals surface area contributed by atoms with Crippen molar-refractivity contribution in [2.45, 2.75) is 0 Å². The summed E-state index contributed by atoms with van der Waals surface area (Å²) in [5, 5.41) is 10.8. The van der Waals surface area contributed by atoms with Crippen LogP contribution in [-0.2, 0) is 14.1 Å². The summed E-state index contributed by atoms with van der Waals surface area (Å²) in [5.41, 5.74) is 2.68. The van der Waals surface area contributed by atoms with E-state index in [0.717, 1.165) is 22.6 Å². The Kier molecular flexibility index (Phi) is 2.38. The number of hydrogen-bond donors (Lipinski definition) is 0. The van der Waals surface area contributed by atoms with Gasteiger partial charge in [0.2, 0.25) is 0 Å². The van der Waals surface area contributed by atoms with Gasteiger partial charge in [-0.2, -0.15) is 0 Å². The lowest BCUT2D eigenvalue weighted by Crippen LogP contribution is -1.97. The molecule has 0 saturated heterocycles. The lowest BCUT2D eigenvalue weighted by atomic mass is 10.3. The SMILES string of the molecule is Cn1cc([N+](=O)[O-])cc1-c1nc2ccccc2n1C. The first-order chi connectivity index (χ1) is 9.08. The predicted octanol–water partition coefficient (Wildman–Crippen LogP) is 2.49. The molecule has 0 atom stereocenters. The third-order valence-electron chi connectivity index (χ3n) is 3.22. The number of rotatable bonds is 2. The number of aryl methyl sites for hydroxylation is 2. The highest BCUT2D eigenvalue weighted by Gasteiger charge is 2.17. The molecule has 0 saturated carbocycles. The Bertz CT molecular complexity index is 785. The van der Waals surface area contributed by atoms with Gasteiger partial charge in [0, 0.05) is 20.2 Å². The van der Waals surface area contributed by atoms with Gasteiger partial charge >= 0.3 is 0 Å². The standard InChI is InChI=1S/C13H12N4O2/c1-15-8-9(17(18)19)7-12(15)13-14-10-5-3-4-6-11(10)16(13)2/h3-8H,1-2H3. The molecule has 0 fully saturated rings. The Morgan fingerprint density at radius 3 is 2.63 bits per heavy atom. The Morgan fingerprint density at radius 2 is 2.00 bits per heavy atom. The van der Waals surface area contributed by atoms with Crippen LogP contribution in [0.5, 0.6) is 0 Å². The third-order valence-corrected chi connectivity index (χ3v) is 3.22. The molecule has 0 bridgehead atoms. The van der Waals surface area contributed by atoms with Gasteiger partial charge in [0.15, 0.2) is 5.82 Å². The van der Waals surface area contributed by atoms with Gasteiger partial charge in [-0.25, -0.2) is 4.98 Å². The summed E-state index contributed by atoms with van der Waals surface area (Å²) in [6.07, 6.45) is 1.49. The second-order valence-electron chi connectivity index (χ2n) is 4.43. The molecule has 0 aliphatic rings. The van der Waals surface area contributed by atoms with Gasteiger partial charge in [-0.05, 0) is 12.1 Å². The van der Waals surface area contributed by atoms with Crippen LogP contribution in [0, 0.1) is 10.1 Å². The molecule has 3 rings (SSSR count). The Balaban J connectivity index is 2.24. The molecule has 6 heteroatoms. The molecular formula is C13H12N4O2. The zero-order valence-electron chi connectivity index (χ0n) is 10.6. The maximum Gasteiger partial charge on any atom is 0.287 e. The molecule has 0 aliphatic carbocycles. The molecule has 0 spiro atoms. The monoisotopic (exact) mass is 256 g/mol. The van der Waals surface area contributed by atoms with Crippen LogP contribution in [0.2, 0.25) is 0 Å². The zero-order valence-corrected chi connectivity index (χ0v) is 10.6. The van der Waals surface area contributed by atoms with E-state index in [0.29, 0.717) is 0 Å². The van der Waals surface area contributed by atoms with Crippen molar-refractivity contribution < 1.29 is 4.92 Å². The Hall–Kier alpha value is -2.63. The van der Waals surface area contributed by atoms with Crippen molar-refractivity contribution in [3.8, 4) is 11.5 Å². The van der Waals surface area contributed by atoms with E-state index in [-0.39, 0.29) is 5.69 Å². The zero-order chi connectivity index (χ0) is 13.6. The van der Waals surface area contributed by atoms with Crippen LogP contribution in [0.3, 0.4) is 0 Å². The predicted molar refractivity (Wildman–Crippen MR) is 71.8 cm³/mol. The number of nitrogens with zero attached hydrogens (tertiary/aromatic N) is 4. The van der Waals surface area contributed by atoms with Crippen LogP contribution in [0.4, 0.5) is 5.69 Å². The van der Waals surface area contributed by atoms with Crippen molar-refractivity contribution in [2.75, 3.05) is 0 Å². The van der Waals surface area contributed by atoms with E-state index in [1.807, 2.05) is 35.9 Å². The minimum atomic E-state index is -0.397. The highest BCUT2D eigenvalue weighted by molar-refractivity contribution is 5.80. The number of nitro groups is 1. The van der Waals surface area contributed by atoms with Crippen molar-refractivity contribution in [1.29, 1.82) is 0 Å². The normalized spacial score (nSPS) is 11.1. The number of fused-ring (bicyclic) bond motifs is 1. The molecule has 96 valence electrons. The topological polar surface area (TPSA) is 65.9 Å². The van der Waals surface area contributed by atoms with E-state index >= 15 is 0 Å². The maximum atomic E-state index is 10.8. The summed E-state index contributed by atoms with van der Waals surface area (Å²) in [5.74, 6) is 0.719. The summed E-state index contributed by atoms with van der Waals surface area (Å²) in [4.78, 5) is 15.0. The van der Waals surface area contributed by atoms with Gasteiger partial charge in [0.05, 0.1) is 27.8 Å². The first-order valence-electron chi connectivity index (χ1n) is 5.80. The van der Waals surface area contributed by atoms with Crippen molar-refractivity contribution in [3.05, 3.63) is 46.6 Å². The van der Waals surface area contributed by atoms with E-state index in [4.69, 9.17) is 0 Å². The van der Waals surface area contributed by atoms with Crippen LogP contribution >= 0.6 is 0 Å². The van der Waals surface area contributed by atoms with Crippen molar-refractivity contribution in [2.24, 2.45) is 14.1 Å². The average molecular weight is 256 g/mol. The van der Waals surface area contributed by atoms with E-state index in [1.165, 1.54) is 6.20 Å². The fraction of sp³-hybridized carbons (Fsp3) is 0.154. The fourth-order valence-corrected chi connectivity index (χ4v) is 2.24. The van der Waals surface area contributed by atoms with Gasteiger partial charge in [-0.3, -0.25) is 10.1 Å². The van der Waals surface area contributed by atoms with E-state index in [2.05, 4.69) is 4.98 Å². The van der Waals surface area contributed by atoms with E-state index < -0.39 is 4.92 Å². The molecule has 1 aromatic carbocycles. The molecule has 6 nitrogen and oxygen atoms in total. The number of benzene rings is 1. The van der Waals surface area contributed by atoms with Gasteiger partial charge in [-0.15, -0.1) is 0 Å². The van der Waals surface area contributed by atoms with Crippen molar-refractivity contribution >= 4 is 16.7 Å². The molecule has 3 aromatic rings. The minimum absolute atomic E-state index is 0.0737. The summed E-state index contributed by atoms with van der Waals surface area (Å²) in [6, 6.07) is 9.31. The summed E-state index contributed by atoms with van der Waals surface area (Å²) in [7, 11) is 3.69. The summed E-state index contributed by atoms with van der Waals surface area (Å²) in [6.45, 7) is 0. The molecule has 0 radical (unpaired) electrons. The largest absolute Gasteiger partial charge is 0.342 e. The first-order valence-corrected chi connectivity index (χ1v) is 5.80. The van der Waals surface area contributed by atoms with Gasteiger partial charge in [0.1, 0.15) is 0 Å². The van der Waals surface area contributed by atoms with Crippen LogP contribution in [-0.4, -0.2) is 19.0 Å². The average Bonchev–Trinajstić information content (AvgIpc) is 2.91. The fourth-order valence-electron chi connectivity index (χ4n) is 2.24. The minimum Gasteiger partial charge on any atom is -0.342 e. The number of aromatic nitrogens is 3. The Labute approximate surface area is 109 Å². The first kappa shape index (κ1) is 11.5. The summed E-state index contributed by atoms with van der Waals surface area (Å²) >= 11 is 0. The van der Waals surface area contributed by atoms with Crippen LogP contribution < -0.4 is 0 Å². The van der Waals surface area contributed by atoms with Crippen LogP contribution in [0.15, 0.2) is 36.5 Å². The lowest BCUT2D eigenvalue weighted by Gasteiger charge is -2.02. The van der Waals surface area contributed by atoms with E-state index in [1.54, 1.807) is 17.7 Å². The Morgan fingerprint density at radius 1 is 1.26 bits per heavy atom. The van der Waals surface area contributed by atoms with E-state index in [9.17, 15) is 10.1 Å². The second-order valence-corrected chi connectivity index (χ2v) is 4.43. The molecule has 0 aliphatic heterocycles. The summed E-state index contributed by atoms with van der Waals surface area (Å²) < 4.78 is 3.66. The van der Waals surface area contributed by atoms with Gasteiger partial charge in [-0.1, -0.05) is 12.1 Å². The molecule has 19 heavy (non-hydrogen) atoms. The number of hydrogen-bond acceptors (Lipinski definition) is 3. The van der Waals surface area contributed by atoms with Gasteiger partial charge < -0.3 is 9.13 Å². The molecule has 0 N–H and O–H groups in total. The van der Waals surface area contributed by atoms with Crippen LogP contribution in [0.25, 0.3) is 22.6 Å². The highest BCUT2D eigenvalue weighted by Crippen LogP contribution is 2.27. The molecule has 2 heterocycles. The number of para-hydroxylation sites is 2. The van der Waals surface area contributed by atoms with Crippen molar-refractivity contribution in [3.63, 3.8) is 0 Å². The maximum absolute atomic E-state index is 10.8. The van der Waals surface area contributed by atoms with Crippen molar-refractivity contribution in [1.82, 2.24) is 14.1 Å². The molecule has 0 unspecified atom stereocenters. The molecule has 2 aromatic heterocycles. The molecular weight excluding hydrogens is 244 g/mol.